The number of benzene rings is 1. The molecule has 5 nitrogen and oxygen atoms in total. The minimum atomic E-state index is -0.215. The molecule has 1 aromatic carbocycles. The van der Waals surface area contributed by atoms with Crippen LogP contribution < -0.4 is 10.2 Å². The van der Waals surface area contributed by atoms with Crippen molar-refractivity contribution in [2.75, 3.05) is 24.6 Å². The van der Waals surface area contributed by atoms with E-state index >= 15 is 0 Å². The lowest BCUT2D eigenvalue weighted by Crippen LogP contribution is -2.39. The number of carbonyl (C=O) groups is 2. The Morgan fingerprint density at radius 2 is 1.95 bits per heavy atom. The summed E-state index contributed by atoms with van der Waals surface area (Å²) in [6.07, 6.45) is 2.99. The molecule has 118 valence electrons. The van der Waals surface area contributed by atoms with Crippen molar-refractivity contribution in [2.45, 2.75) is 31.6 Å². The molecule has 0 spiro atoms. The van der Waals surface area contributed by atoms with Gasteiger partial charge in [0.2, 0.25) is 11.8 Å². The van der Waals surface area contributed by atoms with Crippen molar-refractivity contribution < 1.29 is 14.7 Å². The quantitative estimate of drug-likeness (QED) is 0.825. The van der Waals surface area contributed by atoms with Gasteiger partial charge in [-0.25, -0.2) is 0 Å². The topological polar surface area (TPSA) is 69.6 Å². The van der Waals surface area contributed by atoms with Gasteiger partial charge in [-0.05, 0) is 42.9 Å². The first-order valence-electron chi connectivity index (χ1n) is 7.97. The normalized spacial score (nSPS) is 25.4. The molecule has 3 rings (SSSR count). The zero-order valence-electron chi connectivity index (χ0n) is 12.6. The summed E-state index contributed by atoms with van der Waals surface area (Å²) in [5.41, 5.74) is 2.14. The molecule has 22 heavy (non-hydrogen) atoms. The van der Waals surface area contributed by atoms with Gasteiger partial charge >= 0.3 is 0 Å². The highest BCUT2D eigenvalue weighted by atomic mass is 16.3. The Balaban J connectivity index is 1.66. The molecule has 2 aliphatic heterocycles. The SMILES string of the molecule is O=C1CCC(c2ccc(N3CC[C@@H](CCO)C3)cc2)C(=O)N1. The summed E-state index contributed by atoms with van der Waals surface area (Å²) in [5.74, 6) is -0.00896. The summed E-state index contributed by atoms with van der Waals surface area (Å²) < 4.78 is 0. The van der Waals surface area contributed by atoms with Crippen LogP contribution in [-0.2, 0) is 9.59 Å². The van der Waals surface area contributed by atoms with Gasteiger partial charge in [-0.2, -0.15) is 0 Å². The average Bonchev–Trinajstić information content (AvgIpc) is 2.97. The second kappa shape index (κ2) is 6.48. The standard InChI is InChI=1S/C17H22N2O3/c20-10-8-12-7-9-19(11-12)14-3-1-13(2-4-14)15-5-6-16(21)18-17(15)22/h1-4,12,15,20H,5-11H2,(H,18,21,22)/t12-,15?/m0/s1. The van der Waals surface area contributed by atoms with Crippen molar-refractivity contribution in [1.29, 1.82) is 0 Å². The lowest BCUT2D eigenvalue weighted by atomic mass is 9.90. The zero-order chi connectivity index (χ0) is 15.5. The third-order valence-corrected chi connectivity index (χ3v) is 4.72. The maximum absolute atomic E-state index is 11.9. The molecule has 2 N–H and O–H groups in total. The molecule has 1 aromatic rings. The van der Waals surface area contributed by atoms with E-state index in [1.807, 2.05) is 12.1 Å². The van der Waals surface area contributed by atoms with Gasteiger partial charge in [-0.3, -0.25) is 14.9 Å². The summed E-state index contributed by atoms with van der Waals surface area (Å²) in [6, 6.07) is 8.10. The Bertz CT molecular complexity index is 556. The summed E-state index contributed by atoms with van der Waals surface area (Å²) >= 11 is 0. The number of amides is 2. The molecule has 2 heterocycles. The molecule has 5 heteroatoms. The van der Waals surface area contributed by atoms with Crippen LogP contribution in [0.3, 0.4) is 0 Å². The monoisotopic (exact) mass is 302 g/mol. The molecule has 2 amide bonds. The third-order valence-electron chi connectivity index (χ3n) is 4.72. The number of rotatable bonds is 4. The maximum atomic E-state index is 11.9. The molecule has 2 fully saturated rings. The Labute approximate surface area is 130 Å². The third kappa shape index (κ3) is 3.14. The molecule has 2 atom stereocenters. The van der Waals surface area contributed by atoms with E-state index in [0.29, 0.717) is 18.8 Å². The van der Waals surface area contributed by atoms with Crippen molar-refractivity contribution in [3.05, 3.63) is 29.8 Å². The number of anilines is 1. The molecule has 0 bridgehead atoms. The highest BCUT2D eigenvalue weighted by Crippen LogP contribution is 2.29. The summed E-state index contributed by atoms with van der Waals surface area (Å²) in [4.78, 5) is 25.4. The predicted octanol–water partition coefficient (Wildman–Crippen LogP) is 1.42. The lowest BCUT2D eigenvalue weighted by Gasteiger charge is -2.23. The van der Waals surface area contributed by atoms with Crippen LogP contribution in [0.2, 0.25) is 0 Å². The van der Waals surface area contributed by atoms with E-state index in [1.165, 1.54) is 0 Å². The van der Waals surface area contributed by atoms with E-state index in [2.05, 4.69) is 22.3 Å². The fraction of sp³-hybridized carbons (Fsp3) is 0.529. The maximum Gasteiger partial charge on any atom is 0.234 e. The number of hydrogen-bond donors (Lipinski definition) is 2. The van der Waals surface area contributed by atoms with E-state index in [0.717, 1.165) is 37.2 Å². The fourth-order valence-electron chi connectivity index (χ4n) is 3.41. The Morgan fingerprint density at radius 3 is 2.64 bits per heavy atom. The van der Waals surface area contributed by atoms with Gasteiger partial charge in [0, 0.05) is 31.8 Å². The van der Waals surface area contributed by atoms with Crippen LogP contribution in [0.25, 0.3) is 0 Å². The van der Waals surface area contributed by atoms with E-state index in [-0.39, 0.29) is 24.3 Å². The first kappa shape index (κ1) is 15.0. The van der Waals surface area contributed by atoms with Gasteiger partial charge < -0.3 is 10.0 Å². The minimum Gasteiger partial charge on any atom is -0.396 e. The largest absolute Gasteiger partial charge is 0.396 e. The van der Waals surface area contributed by atoms with Gasteiger partial charge in [-0.15, -0.1) is 0 Å². The summed E-state index contributed by atoms with van der Waals surface area (Å²) in [5, 5.41) is 11.4. The zero-order valence-corrected chi connectivity index (χ0v) is 12.6. The molecule has 2 aliphatic rings. The molecule has 0 radical (unpaired) electrons. The Kier molecular flexibility index (Phi) is 4.43. The number of aliphatic hydroxyl groups excluding tert-OH is 1. The first-order chi connectivity index (χ1) is 10.7. The van der Waals surface area contributed by atoms with Crippen LogP contribution in [0.4, 0.5) is 5.69 Å². The smallest absolute Gasteiger partial charge is 0.234 e. The molecule has 0 aliphatic carbocycles. The Morgan fingerprint density at radius 1 is 1.18 bits per heavy atom. The van der Waals surface area contributed by atoms with Crippen LogP contribution in [0.1, 0.15) is 37.2 Å². The van der Waals surface area contributed by atoms with Gasteiger partial charge in [0.25, 0.3) is 0 Å². The van der Waals surface area contributed by atoms with Gasteiger partial charge in [0.15, 0.2) is 0 Å². The van der Waals surface area contributed by atoms with Crippen molar-refractivity contribution in [2.24, 2.45) is 5.92 Å². The van der Waals surface area contributed by atoms with Crippen LogP contribution >= 0.6 is 0 Å². The van der Waals surface area contributed by atoms with Gasteiger partial charge in [0.1, 0.15) is 0 Å². The number of piperidine rings is 1. The van der Waals surface area contributed by atoms with Crippen molar-refractivity contribution in [3.8, 4) is 0 Å². The van der Waals surface area contributed by atoms with Crippen molar-refractivity contribution in [1.82, 2.24) is 5.32 Å². The highest BCUT2D eigenvalue weighted by Gasteiger charge is 2.28. The number of nitrogens with zero attached hydrogens (tertiary/aromatic N) is 1. The molecule has 0 aromatic heterocycles. The van der Waals surface area contributed by atoms with Crippen molar-refractivity contribution >= 4 is 17.5 Å². The summed E-state index contributed by atoms with van der Waals surface area (Å²) in [7, 11) is 0. The average molecular weight is 302 g/mol. The second-order valence-electron chi connectivity index (χ2n) is 6.21. The molecular weight excluding hydrogens is 280 g/mol. The van der Waals surface area contributed by atoms with E-state index in [4.69, 9.17) is 5.11 Å². The van der Waals surface area contributed by atoms with Crippen LogP contribution in [0, 0.1) is 5.92 Å². The number of aliphatic hydroxyl groups is 1. The number of imide groups is 1. The Hall–Kier alpha value is -1.88. The van der Waals surface area contributed by atoms with Gasteiger partial charge in [0.05, 0.1) is 5.92 Å². The first-order valence-corrected chi connectivity index (χ1v) is 7.97. The molecule has 0 saturated carbocycles. The van der Waals surface area contributed by atoms with Gasteiger partial charge in [-0.1, -0.05) is 12.1 Å². The summed E-state index contributed by atoms with van der Waals surface area (Å²) in [6.45, 7) is 2.26. The van der Waals surface area contributed by atoms with Crippen LogP contribution in [-0.4, -0.2) is 36.6 Å². The molecule has 2 saturated heterocycles. The number of hydrogen-bond acceptors (Lipinski definition) is 4. The van der Waals surface area contributed by atoms with Crippen LogP contribution in [0.15, 0.2) is 24.3 Å². The fourth-order valence-corrected chi connectivity index (χ4v) is 3.41. The lowest BCUT2D eigenvalue weighted by molar-refractivity contribution is -0.134. The van der Waals surface area contributed by atoms with E-state index in [1.54, 1.807) is 0 Å². The van der Waals surface area contributed by atoms with E-state index < -0.39 is 0 Å². The number of nitrogens with one attached hydrogen (secondary N) is 1. The second-order valence-corrected chi connectivity index (χ2v) is 6.21. The van der Waals surface area contributed by atoms with Crippen LogP contribution in [0.5, 0.6) is 0 Å². The minimum absolute atomic E-state index is 0.176. The predicted molar refractivity (Wildman–Crippen MR) is 83.6 cm³/mol. The van der Waals surface area contributed by atoms with Crippen molar-refractivity contribution in [3.63, 3.8) is 0 Å². The highest BCUT2D eigenvalue weighted by molar-refractivity contribution is 6.00. The molecular formula is C17H22N2O3. The van der Waals surface area contributed by atoms with E-state index in [9.17, 15) is 9.59 Å². The molecule has 1 unspecified atom stereocenters. The number of carbonyl (C=O) groups excluding carboxylic acids is 2.